The average molecular weight is 380 g/mol. The molecule has 0 bridgehead atoms. The van der Waals surface area contributed by atoms with E-state index in [0.717, 1.165) is 30.9 Å². The first kappa shape index (κ1) is 21.0. The Bertz CT molecular complexity index is 741. The van der Waals surface area contributed by atoms with Crippen LogP contribution in [0.15, 0.2) is 48.7 Å². The van der Waals surface area contributed by atoms with Gasteiger partial charge < -0.3 is 4.74 Å². The quantitative estimate of drug-likeness (QED) is 0.323. The van der Waals surface area contributed by atoms with Crippen molar-refractivity contribution in [1.29, 1.82) is 0 Å². The van der Waals surface area contributed by atoms with E-state index < -0.39 is 23.5 Å². The van der Waals surface area contributed by atoms with Crippen LogP contribution in [0.1, 0.15) is 45.1 Å². The second-order valence-corrected chi connectivity index (χ2v) is 6.78. The van der Waals surface area contributed by atoms with Crippen LogP contribution in [0.4, 0.5) is 17.6 Å². The lowest BCUT2D eigenvalue weighted by atomic mass is 9.96. The lowest BCUT2D eigenvalue weighted by Crippen LogP contribution is -1.96. The summed E-state index contributed by atoms with van der Waals surface area (Å²) in [5.74, 6) is -2.18. The molecule has 0 amide bonds. The Balaban J connectivity index is 2.05. The van der Waals surface area contributed by atoms with Crippen molar-refractivity contribution >= 4 is 0 Å². The summed E-state index contributed by atoms with van der Waals surface area (Å²) in [7, 11) is 0. The minimum absolute atomic E-state index is 0.0112. The van der Waals surface area contributed by atoms with E-state index in [-0.39, 0.29) is 6.26 Å². The topological polar surface area (TPSA) is 9.23 Å². The first-order valence-corrected chi connectivity index (χ1v) is 9.17. The standard InChI is InChI=1S/C22H24F4O/c1-3-5-15(2)6-4-7-16-8-10-17(11-9-16)18-12-19(23)22(20(24)13-18)27-14-21(25)26/h8-15H,3-7H2,1-2H3. The maximum Gasteiger partial charge on any atom is 0.305 e. The molecule has 0 aliphatic carbocycles. The second kappa shape index (κ2) is 10.1. The molecular formula is C22H24F4O. The fourth-order valence-electron chi connectivity index (χ4n) is 3.10. The molecule has 0 saturated heterocycles. The van der Waals surface area contributed by atoms with Gasteiger partial charge in [-0.3, -0.25) is 0 Å². The molecule has 146 valence electrons. The Morgan fingerprint density at radius 3 is 2.19 bits per heavy atom. The molecule has 1 unspecified atom stereocenters. The number of aryl methyl sites for hydroxylation is 1. The summed E-state index contributed by atoms with van der Waals surface area (Å²) in [6.07, 6.45) is 3.53. The smallest absolute Gasteiger partial charge is 0.305 e. The Morgan fingerprint density at radius 1 is 1.00 bits per heavy atom. The molecule has 0 radical (unpaired) electrons. The average Bonchev–Trinajstić information content (AvgIpc) is 2.61. The summed E-state index contributed by atoms with van der Waals surface area (Å²) in [5, 5.41) is 0. The zero-order chi connectivity index (χ0) is 19.8. The predicted octanol–water partition coefficient (Wildman–Crippen LogP) is 7.51. The minimum atomic E-state index is -2.17. The predicted molar refractivity (Wildman–Crippen MR) is 99.7 cm³/mol. The van der Waals surface area contributed by atoms with Gasteiger partial charge in [-0.25, -0.2) is 8.78 Å². The van der Waals surface area contributed by atoms with E-state index in [4.69, 9.17) is 0 Å². The number of hydrogen-bond donors (Lipinski definition) is 0. The van der Waals surface area contributed by atoms with Crippen LogP contribution >= 0.6 is 0 Å². The Labute approximate surface area is 157 Å². The monoisotopic (exact) mass is 380 g/mol. The molecule has 0 heterocycles. The van der Waals surface area contributed by atoms with Crippen LogP contribution in [-0.2, 0) is 6.42 Å². The molecule has 2 rings (SSSR count). The van der Waals surface area contributed by atoms with Crippen LogP contribution in [0, 0.1) is 17.6 Å². The molecule has 0 aromatic heterocycles. The maximum atomic E-state index is 14.0. The van der Waals surface area contributed by atoms with E-state index in [1.165, 1.54) is 24.8 Å². The van der Waals surface area contributed by atoms with E-state index in [9.17, 15) is 17.6 Å². The Hall–Kier alpha value is -2.30. The lowest BCUT2D eigenvalue weighted by molar-refractivity contribution is 0.344. The molecule has 0 spiro atoms. The summed E-state index contributed by atoms with van der Waals surface area (Å²) >= 11 is 0. The highest BCUT2D eigenvalue weighted by atomic mass is 19.3. The van der Waals surface area contributed by atoms with Crippen molar-refractivity contribution in [2.24, 2.45) is 5.92 Å². The largest absolute Gasteiger partial charge is 0.453 e. The second-order valence-electron chi connectivity index (χ2n) is 6.78. The van der Waals surface area contributed by atoms with E-state index in [2.05, 4.69) is 18.6 Å². The number of hydrogen-bond acceptors (Lipinski definition) is 1. The highest BCUT2D eigenvalue weighted by molar-refractivity contribution is 5.65. The van der Waals surface area contributed by atoms with Crippen LogP contribution in [-0.4, -0.2) is 0 Å². The summed E-state index contributed by atoms with van der Waals surface area (Å²) in [4.78, 5) is 0. The highest BCUT2D eigenvalue weighted by Crippen LogP contribution is 2.30. The van der Waals surface area contributed by atoms with Crippen molar-refractivity contribution in [3.05, 3.63) is 65.9 Å². The van der Waals surface area contributed by atoms with Gasteiger partial charge in [-0.05, 0) is 47.6 Å². The molecule has 0 N–H and O–H groups in total. The third-order valence-corrected chi connectivity index (χ3v) is 4.50. The van der Waals surface area contributed by atoms with Crippen LogP contribution < -0.4 is 4.74 Å². The molecule has 27 heavy (non-hydrogen) atoms. The van der Waals surface area contributed by atoms with Gasteiger partial charge in [0.15, 0.2) is 23.6 Å². The normalized spacial score (nSPS) is 11.9. The molecule has 0 fully saturated rings. The van der Waals surface area contributed by atoms with E-state index in [0.29, 0.717) is 11.1 Å². The highest BCUT2D eigenvalue weighted by Gasteiger charge is 2.14. The Kier molecular flexibility index (Phi) is 7.89. The van der Waals surface area contributed by atoms with Gasteiger partial charge in [0.2, 0.25) is 0 Å². The van der Waals surface area contributed by atoms with Gasteiger partial charge in [0.05, 0.1) is 0 Å². The van der Waals surface area contributed by atoms with Crippen molar-refractivity contribution < 1.29 is 22.3 Å². The van der Waals surface area contributed by atoms with Gasteiger partial charge in [-0.2, -0.15) is 8.78 Å². The zero-order valence-electron chi connectivity index (χ0n) is 15.6. The minimum Gasteiger partial charge on any atom is -0.453 e. The van der Waals surface area contributed by atoms with Gasteiger partial charge in [0.1, 0.15) is 0 Å². The van der Waals surface area contributed by atoms with Crippen LogP contribution in [0.5, 0.6) is 5.75 Å². The SMILES string of the molecule is CCCC(C)CCCc1ccc(-c2cc(F)c(OC=C(F)F)c(F)c2)cc1. The van der Waals surface area contributed by atoms with Gasteiger partial charge in [-0.15, -0.1) is 0 Å². The molecule has 0 aliphatic rings. The third kappa shape index (κ3) is 6.42. The summed E-state index contributed by atoms with van der Waals surface area (Å²) in [5.41, 5.74) is 2.15. The van der Waals surface area contributed by atoms with E-state index in [1.54, 1.807) is 12.1 Å². The van der Waals surface area contributed by atoms with Gasteiger partial charge in [0, 0.05) is 0 Å². The molecule has 1 atom stereocenters. The molecule has 2 aromatic carbocycles. The van der Waals surface area contributed by atoms with Gasteiger partial charge in [0.25, 0.3) is 0 Å². The molecule has 0 aliphatic heterocycles. The third-order valence-electron chi connectivity index (χ3n) is 4.50. The van der Waals surface area contributed by atoms with Crippen LogP contribution in [0.25, 0.3) is 11.1 Å². The van der Waals surface area contributed by atoms with Crippen LogP contribution in [0.2, 0.25) is 0 Å². The zero-order valence-corrected chi connectivity index (χ0v) is 15.6. The van der Waals surface area contributed by atoms with Crippen molar-refractivity contribution in [3.8, 4) is 16.9 Å². The first-order chi connectivity index (χ1) is 12.9. The molecule has 5 heteroatoms. The fourth-order valence-corrected chi connectivity index (χ4v) is 3.10. The molecule has 1 nitrogen and oxygen atoms in total. The number of ether oxygens (including phenoxy) is 1. The molecule has 0 saturated carbocycles. The van der Waals surface area contributed by atoms with Crippen molar-refractivity contribution in [2.45, 2.75) is 46.0 Å². The fraction of sp³-hybridized carbons (Fsp3) is 0.364. The van der Waals surface area contributed by atoms with Crippen LogP contribution in [0.3, 0.4) is 0 Å². The first-order valence-electron chi connectivity index (χ1n) is 9.17. The maximum absolute atomic E-state index is 14.0. The van der Waals surface area contributed by atoms with Crippen molar-refractivity contribution in [3.63, 3.8) is 0 Å². The van der Waals surface area contributed by atoms with Gasteiger partial charge >= 0.3 is 6.08 Å². The number of rotatable bonds is 9. The van der Waals surface area contributed by atoms with Crippen molar-refractivity contribution in [2.75, 3.05) is 0 Å². The summed E-state index contributed by atoms with van der Waals surface area (Å²) in [6.45, 7) is 4.45. The Morgan fingerprint density at radius 2 is 1.63 bits per heavy atom. The van der Waals surface area contributed by atoms with Crippen molar-refractivity contribution in [1.82, 2.24) is 0 Å². The molecular weight excluding hydrogens is 356 g/mol. The van der Waals surface area contributed by atoms with E-state index in [1.807, 2.05) is 12.1 Å². The lowest BCUT2D eigenvalue weighted by Gasteiger charge is -2.10. The molecule has 2 aromatic rings. The summed E-state index contributed by atoms with van der Waals surface area (Å²) in [6, 6.07) is 9.65. The number of halogens is 4. The van der Waals surface area contributed by atoms with E-state index >= 15 is 0 Å². The number of benzene rings is 2. The van der Waals surface area contributed by atoms with Gasteiger partial charge in [-0.1, -0.05) is 57.4 Å². The summed E-state index contributed by atoms with van der Waals surface area (Å²) < 4.78 is 56.4.